The highest BCUT2D eigenvalue weighted by Gasteiger charge is 2.23. The van der Waals surface area contributed by atoms with Crippen LogP contribution in [0.15, 0.2) is 0 Å². The van der Waals surface area contributed by atoms with E-state index >= 15 is 0 Å². The van der Waals surface area contributed by atoms with Gasteiger partial charge in [0.1, 0.15) is 6.10 Å². The maximum absolute atomic E-state index is 11.2. The van der Waals surface area contributed by atoms with Crippen LogP contribution >= 0.6 is 0 Å². The minimum atomic E-state index is -0.151. The summed E-state index contributed by atoms with van der Waals surface area (Å²) >= 11 is 0. The molecule has 70 valence electrons. The molecule has 0 N–H and O–H groups in total. The molecule has 1 aliphatic rings. The summed E-state index contributed by atoms with van der Waals surface area (Å²) < 4.78 is 5.20. The fraction of sp³-hybridized carbons (Fsp3) is 0.889. The summed E-state index contributed by atoms with van der Waals surface area (Å²) in [5.74, 6) is 0.398. The first-order chi connectivity index (χ1) is 5.61. The van der Waals surface area contributed by atoms with E-state index in [2.05, 4.69) is 0 Å². The molecule has 0 bridgehead atoms. The molecule has 0 unspecified atom stereocenters. The Balaban J connectivity index is 2.25. The lowest BCUT2D eigenvalue weighted by Crippen LogP contribution is -2.43. The van der Waals surface area contributed by atoms with Gasteiger partial charge in [0.2, 0.25) is 0 Å². The van der Waals surface area contributed by atoms with Crippen LogP contribution < -0.4 is 0 Å². The molecule has 1 heterocycles. The molecule has 3 heteroatoms. The van der Waals surface area contributed by atoms with E-state index in [1.54, 1.807) is 4.90 Å². The maximum atomic E-state index is 11.2. The summed E-state index contributed by atoms with van der Waals surface area (Å²) in [6, 6.07) is 0. The average molecular weight is 171 g/mol. The number of nitrogens with zero attached hydrogens (tertiary/aromatic N) is 1. The third kappa shape index (κ3) is 2.13. The van der Waals surface area contributed by atoms with Gasteiger partial charge in [-0.2, -0.15) is 0 Å². The molecular formula is C9H17NO2. The van der Waals surface area contributed by atoms with Gasteiger partial charge in [-0.15, -0.1) is 0 Å². The molecule has 0 aromatic rings. The predicted octanol–water partition coefficient (Wildman–Crippen LogP) is 1.87. The van der Waals surface area contributed by atoms with Crippen molar-refractivity contribution in [3.63, 3.8) is 0 Å². The van der Waals surface area contributed by atoms with Crippen molar-refractivity contribution < 1.29 is 9.53 Å². The smallest absolute Gasteiger partial charge is 0.410 e. The first-order valence-electron chi connectivity index (χ1n) is 4.57. The molecule has 1 rings (SSSR count). The number of amides is 1. The van der Waals surface area contributed by atoms with Gasteiger partial charge in [0.05, 0.1) is 0 Å². The van der Waals surface area contributed by atoms with Crippen LogP contribution in [-0.2, 0) is 4.74 Å². The Kier molecular flexibility index (Phi) is 2.95. The van der Waals surface area contributed by atoms with Crippen LogP contribution in [0.25, 0.3) is 0 Å². The van der Waals surface area contributed by atoms with Gasteiger partial charge < -0.3 is 9.64 Å². The predicted molar refractivity (Wildman–Crippen MR) is 47.0 cm³/mol. The summed E-state index contributed by atoms with van der Waals surface area (Å²) in [6.45, 7) is 7.76. The molecule has 0 radical (unpaired) electrons. The van der Waals surface area contributed by atoms with Gasteiger partial charge in [0.15, 0.2) is 0 Å². The van der Waals surface area contributed by atoms with E-state index < -0.39 is 0 Å². The van der Waals surface area contributed by atoms with Gasteiger partial charge >= 0.3 is 6.09 Å². The first kappa shape index (κ1) is 9.36. The van der Waals surface area contributed by atoms with E-state index in [-0.39, 0.29) is 12.2 Å². The molecule has 1 fully saturated rings. The van der Waals surface area contributed by atoms with Crippen molar-refractivity contribution in [2.75, 3.05) is 13.1 Å². The van der Waals surface area contributed by atoms with E-state index in [1.807, 2.05) is 20.8 Å². The van der Waals surface area contributed by atoms with Crippen LogP contribution in [0.2, 0.25) is 0 Å². The lowest BCUT2D eigenvalue weighted by Gasteiger charge is -2.31. The highest BCUT2D eigenvalue weighted by molar-refractivity contribution is 5.68. The van der Waals surface area contributed by atoms with Gasteiger partial charge in [-0.1, -0.05) is 13.8 Å². The number of hydrogen-bond acceptors (Lipinski definition) is 2. The van der Waals surface area contributed by atoms with Gasteiger partial charge in [0.25, 0.3) is 0 Å². The van der Waals surface area contributed by atoms with E-state index in [4.69, 9.17) is 4.74 Å². The van der Waals surface area contributed by atoms with Crippen molar-refractivity contribution >= 4 is 6.09 Å². The number of carbonyl (C=O) groups is 1. The molecule has 1 atom stereocenters. The Bertz CT molecular complexity index is 164. The molecule has 1 amide bonds. The number of likely N-dealkylation sites (tertiary alicyclic amines) is 1. The lowest BCUT2D eigenvalue weighted by atomic mass is 10.1. The van der Waals surface area contributed by atoms with Crippen LogP contribution in [0, 0.1) is 5.92 Å². The summed E-state index contributed by atoms with van der Waals surface area (Å²) in [4.78, 5) is 13.0. The molecule has 0 aromatic carbocycles. The van der Waals surface area contributed by atoms with Crippen LogP contribution in [0.5, 0.6) is 0 Å². The quantitative estimate of drug-likeness (QED) is 0.634. The zero-order chi connectivity index (χ0) is 9.14. The Hall–Kier alpha value is -0.730. The minimum absolute atomic E-state index is 0.0260. The summed E-state index contributed by atoms with van der Waals surface area (Å²) in [5, 5.41) is 0. The van der Waals surface area contributed by atoms with Crippen molar-refractivity contribution in [1.82, 2.24) is 4.90 Å². The van der Waals surface area contributed by atoms with Crippen molar-refractivity contribution in [3.8, 4) is 0 Å². The maximum Gasteiger partial charge on any atom is 0.410 e. The van der Waals surface area contributed by atoms with Gasteiger partial charge in [-0.3, -0.25) is 0 Å². The number of carbonyl (C=O) groups excluding carboxylic acids is 1. The molecule has 0 spiro atoms. The summed E-state index contributed by atoms with van der Waals surface area (Å²) in [5.41, 5.74) is 0. The van der Waals surface area contributed by atoms with Crippen LogP contribution in [-0.4, -0.2) is 30.2 Å². The Morgan fingerprint density at radius 2 is 1.92 bits per heavy atom. The van der Waals surface area contributed by atoms with Crippen molar-refractivity contribution in [3.05, 3.63) is 0 Å². The second-order valence-corrected chi connectivity index (χ2v) is 3.67. The number of rotatable bonds is 2. The fourth-order valence-corrected chi connectivity index (χ4v) is 0.868. The molecular weight excluding hydrogens is 154 g/mol. The Morgan fingerprint density at radius 3 is 2.25 bits per heavy atom. The van der Waals surface area contributed by atoms with E-state index in [0.717, 1.165) is 19.5 Å². The van der Waals surface area contributed by atoms with E-state index in [0.29, 0.717) is 5.92 Å². The highest BCUT2D eigenvalue weighted by atomic mass is 16.6. The zero-order valence-electron chi connectivity index (χ0n) is 8.04. The molecule has 12 heavy (non-hydrogen) atoms. The minimum Gasteiger partial charge on any atom is -0.446 e. The third-order valence-corrected chi connectivity index (χ3v) is 2.34. The van der Waals surface area contributed by atoms with E-state index in [1.165, 1.54) is 0 Å². The SMILES string of the molecule is CC(C)[C@H](C)OC(=O)N1CCC1. The standard InChI is InChI=1S/C9H17NO2/c1-7(2)8(3)12-9(11)10-5-4-6-10/h7-8H,4-6H2,1-3H3/t8-/m0/s1. The van der Waals surface area contributed by atoms with Crippen LogP contribution in [0.1, 0.15) is 27.2 Å². The van der Waals surface area contributed by atoms with Crippen molar-refractivity contribution in [2.24, 2.45) is 5.92 Å². The van der Waals surface area contributed by atoms with Crippen molar-refractivity contribution in [1.29, 1.82) is 0 Å². The highest BCUT2D eigenvalue weighted by Crippen LogP contribution is 2.12. The lowest BCUT2D eigenvalue weighted by molar-refractivity contribution is 0.0365. The number of ether oxygens (including phenoxy) is 1. The molecule has 0 aromatic heterocycles. The van der Waals surface area contributed by atoms with Crippen LogP contribution in [0.3, 0.4) is 0 Å². The molecule has 0 saturated carbocycles. The summed E-state index contributed by atoms with van der Waals surface area (Å²) in [7, 11) is 0. The normalized spacial score (nSPS) is 18.8. The van der Waals surface area contributed by atoms with Gasteiger partial charge in [0, 0.05) is 13.1 Å². The molecule has 3 nitrogen and oxygen atoms in total. The second kappa shape index (κ2) is 3.78. The first-order valence-corrected chi connectivity index (χ1v) is 4.57. The average Bonchev–Trinajstić information content (AvgIpc) is 1.82. The van der Waals surface area contributed by atoms with Crippen LogP contribution in [0.4, 0.5) is 4.79 Å². The largest absolute Gasteiger partial charge is 0.446 e. The fourth-order valence-electron chi connectivity index (χ4n) is 0.868. The Labute approximate surface area is 73.7 Å². The third-order valence-electron chi connectivity index (χ3n) is 2.34. The van der Waals surface area contributed by atoms with E-state index in [9.17, 15) is 4.79 Å². The zero-order valence-corrected chi connectivity index (χ0v) is 8.04. The molecule has 1 saturated heterocycles. The monoisotopic (exact) mass is 171 g/mol. The van der Waals surface area contributed by atoms with Gasteiger partial charge in [-0.25, -0.2) is 4.79 Å². The number of hydrogen-bond donors (Lipinski definition) is 0. The molecule has 0 aliphatic carbocycles. The Morgan fingerprint density at radius 1 is 1.33 bits per heavy atom. The second-order valence-electron chi connectivity index (χ2n) is 3.67. The van der Waals surface area contributed by atoms with Gasteiger partial charge in [-0.05, 0) is 19.3 Å². The van der Waals surface area contributed by atoms with Crippen molar-refractivity contribution in [2.45, 2.75) is 33.3 Å². The molecule has 1 aliphatic heterocycles. The topological polar surface area (TPSA) is 29.5 Å². The summed E-state index contributed by atoms with van der Waals surface area (Å²) in [6.07, 6.45) is 0.992.